The fraction of sp³-hybridized carbons (Fsp3) is 0.565. The smallest absolute Gasteiger partial charge is 0.270 e. The Morgan fingerprint density at radius 2 is 1.97 bits per heavy atom. The molecule has 0 atom stereocenters. The minimum absolute atomic E-state index is 0.0234. The van der Waals surface area contributed by atoms with Crippen LogP contribution in [0, 0.1) is 12.8 Å². The maximum Gasteiger partial charge on any atom is 0.270 e. The number of aromatic hydroxyl groups is 1. The largest absolute Gasteiger partial charge is 0.492 e. The molecule has 33 heavy (non-hydrogen) atoms. The van der Waals surface area contributed by atoms with E-state index < -0.39 is 22.9 Å². The van der Waals surface area contributed by atoms with Gasteiger partial charge in [0, 0.05) is 37.8 Å². The van der Waals surface area contributed by atoms with Crippen molar-refractivity contribution in [1.29, 1.82) is 0 Å². The van der Waals surface area contributed by atoms with E-state index in [-0.39, 0.29) is 30.0 Å². The van der Waals surface area contributed by atoms with Crippen LogP contribution in [0.1, 0.15) is 62.2 Å². The molecule has 2 aromatic heterocycles. The van der Waals surface area contributed by atoms with Crippen LogP contribution in [0.15, 0.2) is 10.9 Å². The quantitative estimate of drug-likeness (QED) is 0.511. The Morgan fingerprint density at radius 3 is 2.52 bits per heavy atom. The van der Waals surface area contributed by atoms with E-state index in [0.29, 0.717) is 23.4 Å². The summed E-state index contributed by atoms with van der Waals surface area (Å²) in [5, 5.41) is 27.9. The first-order chi connectivity index (χ1) is 15.3. The molecular weight excluding hydrogens is 426 g/mol. The van der Waals surface area contributed by atoms with Gasteiger partial charge in [-0.1, -0.05) is 13.8 Å². The summed E-state index contributed by atoms with van der Waals surface area (Å²) in [7, 11) is 1.58. The van der Waals surface area contributed by atoms with E-state index in [1.165, 1.54) is 20.1 Å². The minimum atomic E-state index is -1.04. The molecule has 0 spiro atoms. The molecule has 1 aliphatic rings. The zero-order valence-corrected chi connectivity index (χ0v) is 20.0. The Morgan fingerprint density at radius 1 is 1.33 bits per heavy atom. The summed E-state index contributed by atoms with van der Waals surface area (Å²) in [6.45, 7) is 9.24. The predicted octanol–water partition coefficient (Wildman–Crippen LogP) is 1.30. The first-order valence-electron chi connectivity index (χ1n) is 11.1. The van der Waals surface area contributed by atoms with Crippen LogP contribution in [-0.2, 0) is 11.3 Å². The fourth-order valence-corrected chi connectivity index (χ4v) is 3.72. The fourth-order valence-electron chi connectivity index (χ4n) is 3.72. The molecule has 2 heterocycles. The number of amides is 2. The van der Waals surface area contributed by atoms with Gasteiger partial charge in [-0.3, -0.25) is 19.0 Å². The molecule has 2 amide bonds. The SMILES string of the molecule is Cc1nn2c(O)c(C(=O)NC3CC3)c(=O)n(CC(C)C)c2c1C=CC(=O)N(C)CC(C)(C)O. The van der Waals surface area contributed by atoms with Crippen molar-refractivity contribution < 1.29 is 19.8 Å². The Balaban J connectivity index is 2.11. The maximum atomic E-state index is 13.3. The predicted molar refractivity (Wildman–Crippen MR) is 124 cm³/mol. The Kier molecular flexibility index (Phi) is 6.69. The average Bonchev–Trinajstić information content (AvgIpc) is 3.42. The van der Waals surface area contributed by atoms with Gasteiger partial charge in [0.25, 0.3) is 11.5 Å². The van der Waals surface area contributed by atoms with E-state index in [4.69, 9.17) is 0 Å². The van der Waals surface area contributed by atoms with Crippen LogP contribution in [0.25, 0.3) is 11.7 Å². The molecule has 0 aliphatic heterocycles. The molecule has 10 nitrogen and oxygen atoms in total. The van der Waals surface area contributed by atoms with Crippen molar-refractivity contribution >= 4 is 23.5 Å². The first-order valence-corrected chi connectivity index (χ1v) is 11.1. The number of aromatic nitrogens is 3. The Labute approximate surface area is 192 Å². The molecular formula is C23H33N5O5. The molecule has 0 aromatic carbocycles. The summed E-state index contributed by atoms with van der Waals surface area (Å²) in [6.07, 6.45) is 4.58. The molecule has 1 aliphatic carbocycles. The number of aliphatic hydroxyl groups is 1. The second-order valence-electron chi connectivity index (χ2n) is 9.83. The molecule has 2 aromatic rings. The van der Waals surface area contributed by atoms with E-state index in [9.17, 15) is 24.6 Å². The highest BCUT2D eigenvalue weighted by molar-refractivity contribution is 5.97. The third-order valence-electron chi connectivity index (χ3n) is 5.30. The van der Waals surface area contributed by atoms with E-state index >= 15 is 0 Å². The van der Waals surface area contributed by atoms with Crippen LogP contribution in [0.2, 0.25) is 0 Å². The van der Waals surface area contributed by atoms with Gasteiger partial charge >= 0.3 is 0 Å². The van der Waals surface area contributed by atoms with Crippen molar-refractivity contribution in [1.82, 2.24) is 24.4 Å². The molecule has 1 saturated carbocycles. The van der Waals surface area contributed by atoms with Gasteiger partial charge < -0.3 is 20.4 Å². The second-order valence-corrected chi connectivity index (χ2v) is 9.83. The molecule has 3 N–H and O–H groups in total. The molecule has 3 rings (SSSR count). The molecule has 0 unspecified atom stereocenters. The van der Waals surface area contributed by atoms with E-state index in [0.717, 1.165) is 12.8 Å². The topological polar surface area (TPSA) is 129 Å². The van der Waals surface area contributed by atoms with E-state index in [2.05, 4.69) is 10.4 Å². The van der Waals surface area contributed by atoms with Gasteiger partial charge in [-0.2, -0.15) is 9.61 Å². The number of aryl methyl sites for hydroxylation is 1. The number of likely N-dealkylation sites (N-methyl/N-ethyl adjacent to an activating group) is 1. The van der Waals surface area contributed by atoms with Gasteiger partial charge in [-0.05, 0) is 45.6 Å². The van der Waals surface area contributed by atoms with Gasteiger partial charge in [0.15, 0.2) is 5.56 Å². The van der Waals surface area contributed by atoms with Crippen molar-refractivity contribution in [2.75, 3.05) is 13.6 Å². The molecule has 180 valence electrons. The van der Waals surface area contributed by atoms with Gasteiger partial charge in [-0.25, -0.2) is 0 Å². The number of fused-ring (bicyclic) bond motifs is 1. The number of hydrogen-bond acceptors (Lipinski definition) is 6. The van der Waals surface area contributed by atoms with Gasteiger partial charge in [-0.15, -0.1) is 0 Å². The molecule has 0 bridgehead atoms. The van der Waals surface area contributed by atoms with E-state index in [1.54, 1.807) is 33.9 Å². The highest BCUT2D eigenvalue weighted by Gasteiger charge is 2.30. The zero-order chi connectivity index (χ0) is 24.7. The normalized spacial score (nSPS) is 14.4. The van der Waals surface area contributed by atoms with Crippen molar-refractivity contribution in [3.05, 3.63) is 33.3 Å². The minimum Gasteiger partial charge on any atom is -0.492 e. The lowest BCUT2D eigenvalue weighted by Crippen LogP contribution is -2.38. The zero-order valence-electron chi connectivity index (χ0n) is 20.0. The summed E-state index contributed by atoms with van der Waals surface area (Å²) in [5.74, 6) is -1.41. The van der Waals surface area contributed by atoms with Crippen LogP contribution >= 0.6 is 0 Å². The van der Waals surface area contributed by atoms with Crippen LogP contribution in [0.5, 0.6) is 5.88 Å². The number of carbonyl (C=O) groups is 2. The monoisotopic (exact) mass is 459 g/mol. The molecule has 10 heteroatoms. The standard InChI is InChI=1S/C23H33N5O5/c1-13(2)11-27-20-16(9-10-17(29)26(6)12-23(4,5)33)14(3)25-28(20)22(32)18(21(27)31)19(30)24-15-7-8-15/h9-10,13,15,32-33H,7-8,11-12H2,1-6H3,(H,24,30). The molecule has 1 fully saturated rings. The number of nitrogens with one attached hydrogen (secondary N) is 1. The lowest BCUT2D eigenvalue weighted by atomic mass is 10.1. The van der Waals surface area contributed by atoms with Crippen molar-refractivity contribution in [3.63, 3.8) is 0 Å². The van der Waals surface area contributed by atoms with Crippen LogP contribution in [0.4, 0.5) is 0 Å². The average molecular weight is 460 g/mol. The van der Waals surface area contributed by atoms with Gasteiger partial charge in [0.05, 0.1) is 11.3 Å². The first kappa shape index (κ1) is 24.5. The van der Waals surface area contributed by atoms with Crippen molar-refractivity contribution in [2.24, 2.45) is 5.92 Å². The van der Waals surface area contributed by atoms with E-state index in [1.807, 2.05) is 13.8 Å². The number of hydrogen-bond donors (Lipinski definition) is 3. The maximum absolute atomic E-state index is 13.3. The van der Waals surface area contributed by atoms with Crippen LogP contribution < -0.4 is 10.9 Å². The third-order valence-corrected chi connectivity index (χ3v) is 5.30. The highest BCUT2D eigenvalue weighted by Crippen LogP contribution is 2.25. The Bertz CT molecular complexity index is 1160. The summed E-state index contributed by atoms with van der Waals surface area (Å²) < 4.78 is 2.61. The van der Waals surface area contributed by atoms with Crippen molar-refractivity contribution in [2.45, 2.75) is 65.6 Å². The third kappa shape index (κ3) is 5.44. The summed E-state index contributed by atoms with van der Waals surface area (Å²) in [6, 6.07) is 0.0234. The van der Waals surface area contributed by atoms with Gasteiger partial charge in [0.2, 0.25) is 11.8 Å². The highest BCUT2D eigenvalue weighted by atomic mass is 16.3. The lowest BCUT2D eigenvalue weighted by molar-refractivity contribution is -0.127. The number of nitrogens with zero attached hydrogens (tertiary/aromatic N) is 4. The van der Waals surface area contributed by atoms with Crippen LogP contribution in [0.3, 0.4) is 0 Å². The van der Waals surface area contributed by atoms with Gasteiger partial charge in [0.1, 0.15) is 5.65 Å². The second kappa shape index (κ2) is 9.01. The Hall–Kier alpha value is -3.14. The van der Waals surface area contributed by atoms with Crippen LogP contribution in [-0.4, -0.2) is 66.3 Å². The molecule has 0 saturated heterocycles. The van der Waals surface area contributed by atoms with Crippen molar-refractivity contribution in [3.8, 4) is 5.88 Å². The number of carbonyl (C=O) groups excluding carboxylic acids is 2. The summed E-state index contributed by atoms with van der Waals surface area (Å²) in [5.41, 5.74) is -0.709. The number of rotatable bonds is 8. The summed E-state index contributed by atoms with van der Waals surface area (Å²) in [4.78, 5) is 40.0. The molecule has 0 radical (unpaired) electrons. The summed E-state index contributed by atoms with van der Waals surface area (Å²) >= 11 is 0. The lowest BCUT2D eigenvalue weighted by Gasteiger charge is -2.24.